The fourth-order valence-corrected chi connectivity index (χ4v) is 4.07. The normalized spacial score (nSPS) is 19.5. The zero-order valence-electron chi connectivity index (χ0n) is 18.6. The number of imidazole rings is 1. The molecule has 8 heteroatoms. The summed E-state index contributed by atoms with van der Waals surface area (Å²) in [5.41, 5.74) is 2.92. The minimum Gasteiger partial charge on any atom is -0.423 e. The van der Waals surface area contributed by atoms with Gasteiger partial charge in [0.2, 0.25) is 5.79 Å². The van der Waals surface area contributed by atoms with Crippen molar-refractivity contribution in [2.45, 2.75) is 24.9 Å². The van der Waals surface area contributed by atoms with Crippen molar-refractivity contribution in [3.63, 3.8) is 0 Å². The number of nitrogens with zero attached hydrogens (tertiary/aromatic N) is 2. The summed E-state index contributed by atoms with van der Waals surface area (Å²) in [5, 5.41) is 0. The Hall–Kier alpha value is -3.88. The number of carbonyl (C=O) groups is 1. The van der Waals surface area contributed by atoms with Gasteiger partial charge in [0.1, 0.15) is 5.82 Å². The van der Waals surface area contributed by atoms with Gasteiger partial charge in [-0.1, -0.05) is 54.6 Å². The summed E-state index contributed by atoms with van der Waals surface area (Å²) in [6.45, 7) is 0.450. The van der Waals surface area contributed by atoms with Crippen LogP contribution in [0.25, 0.3) is 11.1 Å². The van der Waals surface area contributed by atoms with Crippen LogP contribution in [0.1, 0.15) is 12.0 Å². The van der Waals surface area contributed by atoms with Gasteiger partial charge in [-0.15, -0.1) is 0 Å². The smallest absolute Gasteiger partial charge is 0.314 e. The molecule has 6 nitrogen and oxygen atoms in total. The molecular weight excluding hydrogens is 454 g/mol. The number of halogens is 2. The van der Waals surface area contributed by atoms with Gasteiger partial charge in [-0.25, -0.2) is 13.8 Å². The van der Waals surface area contributed by atoms with Crippen LogP contribution < -0.4 is 4.74 Å². The average molecular weight is 476 g/mol. The van der Waals surface area contributed by atoms with E-state index in [4.69, 9.17) is 14.2 Å². The third-order valence-electron chi connectivity index (χ3n) is 5.75. The topological polar surface area (TPSA) is 62.6 Å². The second-order valence-electron chi connectivity index (χ2n) is 8.24. The van der Waals surface area contributed by atoms with E-state index in [1.165, 1.54) is 0 Å². The summed E-state index contributed by atoms with van der Waals surface area (Å²) in [4.78, 5) is 16.5. The average Bonchev–Trinajstić information content (AvgIpc) is 3.52. The lowest BCUT2D eigenvalue weighted by atomic mass is 10.00. The standard InChI is InChI=1S/C27H22F2N2O4/c28-22-10-11-25(24(29)14-22)34-26(32)15-23-16-33-27(35-23,17-31-13-12-30-18-31)21-8-6-20(7-9-21)19-4-2-1-3-5-19/h1-14,18,23H,15-17H2/t23-,27-/m0/s1. The van der Waals surface area contributed by atoms with Crippen molar-refractivity contribution >= 4 is 5.97 Å². The van der Waals surface area contributed by atoms with E-state index in [1.807, 2.05) is 59.2 Å². The first-order valence-corrected chi connectivity index (χ1v) is 11.1. The van der Waals surface area contributed by atoms with E-state index in [0.29, 0.717) is 12.6 Å². The number of carbonyl (C=O) groups excluding carboxylic acids is 1. The molecule has 0 N–H and O–H groups in total. The SMILES string of the molecule is O=C(C[C@H]1CO[C@](Cn2ccnc2)(c2ccc(-c3ccccc3)cc2)O1)Oc1ccc(F)cc1F. The fourth-order valence-electron chi connectivity index (χ4n) is 4.07. The number of aromatic nitrogens is 2. The Balaban J connectivity index is 1.33. The van der Waals surface area contributed by atoms with Crippen LogP contribution in [0.4, 0.5) is 8.78 Å². The van der Waals surface area contributed by atoms with Crippen LogP contribution in [0.15, 0.2) is 91.5 Å². The van der Waals surface area contributed by atoms with Crippen molar-refractivity contribution in [1.82, 2.24) is 9.55 Å². The van der Waals surface area contributed by atoms with E-state index in [0.717, 1.165) is 28.8 Å². The monoisotopic (exact) mass is 476 g/mol. The highest BCUT2D eigenvalue weighted by Crippen LogP contribution is 2.38. The van der Waals surface area contributed by atoms with Crippen molar-refractivity contribution in [3.8, 4) is 16.9 Å². The van der Waals surface area contributed by atoms with Gasteiger partial charge in [-0.2, -0.15) is 0 Å². The van der Waals surface area contributed by atoms with Gasteiger partial charge in [-0.3, -0.25) is 4.79 Å². The molecule has 0 radical (unpaired) electrons. The maximum Gasteiger partial charge on any atom is 0.314 e. The second kappa shape index (κ2) is 9.77. The van der Waals surface area contributed by atoms with Gasteiger partial charge in [0, 0.05) is 24.0 Å². The first-order valence-electron chi connectivity index (χ1n) is 11.1. The molecule has 2 atom stereocenters. The molecule has 1 saturated heterocycles. The lowest BCUT2D eigenvalue weighted by Crippen LogP contribution is -2.33. The number of benzene rings is 3. The van der Waals surface area contributed by atoms with Gasteiger partial charge < -0.3 is 18.8 Å². The van der Waals surface area contributed by atoms with Crippen LogP contribution in [0.2, 0.25) is 0 Å². The van der Waals surface area contributed by atoms with Crippen LogP contribution in [-0.2, 0) is 26.6 Å². The van der Waals surface area contributed by atoms with Crippen LogP contribution in [0.3, 0.4) is 0 Å². The fraction of sp³-hybridized carbons (Fsp3) is 0.185. The number of rotatable bonds is 7. The number of esters is 1. The molecule has 0 aliphatic carbocycles. The highest BCUT2D eigenvalue weighted by Gasteiger charge is 2.44. The molecule has 4 aromatic rings. The van der Waals surface area contributed by atoms with E-state index in [-0.39, 0.29) is 18.8 Å². The Morgan fingerprint density at radius 2 is 1.83 bits per heavy atom. The number of hydrogen-bond donors (Lipinski definition) is 0. The maximum absolute atomic E-state index is 13.9. The Morgan fingerprint density at radius 3 is 2.54 bits per heavy atom. The molecule has 0 unspecified atom stereocenters. The van der Waals surface area contributed by atoms with E-state index < -0.39 is 29.5 Å². The third kappa shape index (κ3) is 5.13. The molecule has 5 rings (SSSR count). The number of ether oxygens (including phenoxy) is 3. The molecule has 0 spiro atoms. The molecule has 35 heavy (non-hydrogen) atoms. The van der Waals surface area contributed by atoms with Gasteiger partial charge in [0.05, 0.1) is 32.0 Å². The quantitative estimate of drug-likeness (QED) is 0.275. The minimum absolute atomic E-state index is 0.135. The molecule has 178 valence electrons. The summed E-state index contributed by atoms with van der Waals surface area (Å²) in [6, 6.07) is 20.6. The minimum atomic E-state index is -1.15. The van der Waals surface area contributed by atoms with Crippen molar-refractivity contribution in [2.75, 3.05) is 6.61 Å². The molecule has 1 fully saturated rings. The number of hydrogen-bond acceptors (Lipinski definition) is 5. The molecule has 1 aromatic heterocycles. The highest BCUT2D eigenvalue weighted by molar-refractivity contribution is 5.73. The maximum atomic E-state index is 13.9. The Labute approximate surface area is 200 Å². The van der Waals surface area contributed by atoms with Crippen molar-refractivity contribution in [2.24, 2.45) is 0 Å². The van der Waals surface area contributed by atoms with Crippen LogP contribution >= 0.6 is 0 Å². The van der Waals surface area contributed by atoms with E-state index in [9.17, 15) is 13.6 Å². The molecule has 0 amide bonds. The van der Waals surface area contributed by atoms with Crippen molar-refractivity contribution < 1.29 is 27.8 Å². The molecule has 1 aliphatic heterocycles. The lowest BCUT2D eigenvalue weighted by Gasteiger charge is -2.29. The largest absolute Gasteiger partial charge is 0.423 e. The molecule has 2 heterocycles. The Morgan fingerprint density at radius 1 is 1.06 bits per heavy atom. The summed E-state index contributed by atoms with van der Waals surface area (Å²) in [5.74, 6) is -3.90. The summed E-state index contributed by atoms with van der Waals surface area (Å²) in [7, 11) is 0. The highest BCUT2D eigenvalue weighted by atomic mass is 19.1. The van der Waals surface area contributed by atoms with Gasteiger partial charge in [-0.05, 0) is 23.3 Å². The molecule has 1 aliphatic rings. The van der Waals surface area contributed by atoms with Crippen molar-refractivity contribution in [1.29, 1.82) is 0 Å². The summed E-state index contributed by atoms with van der Waals surface area (Å²) >= 11 is 0. The first-order chi connectivity index (χ1) is 17.0. The Kier molecular flexibility index (Phi) is 6.39. The third-order valence-corrected chi connectivity index (χ3v) is 5.75. The van der Waals surface area contributed by atoms with Crippen molar-refractivity contribution in [3.05, 3.63) is 109 Å². The lowest BCUT2D eigenvalue weighted by molar-refractivity contribution is -0.188. The van der Waals surface area contributed by atoms with Gasteiger partial charge >= 0.3 is 5.97 Å². The molecule has 3 aromatic carbocycles. The predicted octanol–water partition coefficient (Wildman–Crippen LogP) is 5.09. The molecular formula is C27H22F2N2O4. The molecule has 0 saturated carbocycles. The van der Waals surface area contributed by atoms with Crippen LogP contribution in [-0.4, -0.2) is 28.2 Å². The van der Waals surface area contributed by atoms with Crippen LogP contribution in [0, 0.1) is 11.6 Å². The zero-order valence-corrected chi connectivity index (χ0v) is 18.6. The van der Waals surface area contributed by atoms with E-state index in [2.05, 4.69) is 4.98 Å². The Bertz CT molecular complexity index is 1300. The summed E-state index contributed by atoms with van der Waals surface area (Å²) in [6.07, 6.45) is 4.33. The zero-order chi connectivity index (χ0) is 24.3. The first kappa shape index (κ1) is 22.9. The summed E-state index contributed by atoms with van der Waals surface area (Å²) < 4.78 is 46.3. The van der Waals surface area contributed by atoms with Gasteiger partial charge in [0.25, 0.3) is 0 Å². The van der Waals surface area contributed by atoms with Gasteiger partial charge in [0.15, 0.2) is 11.6 Å². The molecule has 0 bridgehead atoms. The second-order valence-corrected chi connectivity index (χ2v) is 8.24. The van der Waals surface area contributed by atoms with E-state index in [1.54, 1.807) is 18.7 Å². The predicted molar refractivity (Wildman–Crippen MR) is 123 cm³/mol. The van der Waals surface area contributed by atoms with E-state index >= 15 is 0 Å². The van der Waals surface area contributed by atoms with Crippen LogP contribution in [0.5, 0.6) is 5.75 Å².